The van der Waals surface area contributed by atoms with Gasteiger partial charge in [-0.15, -0.1) is 0 Å². The van der Waals surface area contributed by atoms with Crippen molar-refractivity contribution in [2.24, 2.45) is 0 Å². The van der Waals surface area contributed by atoms with Crippen LogP contribution in [0.2, 0.25) is 0 Å². The number of unbranched alkanes of at least 4 members (excludes halogenated alkanes) is 1. The molecule has 0 radical (unpaired) electrons. The Morgan fingerprint density at radius 1 is 1.36 bits per heavy atom. The van der Waals surface area contributed by atoms with E-state index in [0.29, 0.717) is 6.42 Å². The van der Waals surface area contributed by atoms with E-state index in [1.54, 1.807) is 7.11 Å². The van der Waals surface area contributed by atoms with E-state index in [4.69, 9.17) is 10.00 Å². The van der Waals surface area contributed by atoms with E-state index < -0.39 is 0 Å². The molecule has 0 fully saturated rings. The fraction of sp³-hybridized carbons (Fsp3) is 0.900. The molecule has 0 unspecified atom stereocenters. The van der Waals surface area contributed by atoms with E-state index >= 15 is 0 Å². The minimum atomic E-state index is 0.645. The minimum Gasteiger partial charge on any atom is -0.383 e. The molecule has 14 heavy (non-hydrogen) atoms. The quantitative estimate of drug-likeness (QED) is 0.548. The van der Waals surface area contributed by atoms with Gasteiger partial charge in [0.15, 0.2) is 0 Å². The van der Waals surface area contributed by atoms with E-state index in [-0.39, 0.29) is 0 Å². The standard InChI is InChI=1S/C10H21N3O/c1-13(9-10-14-2)8-7-12-6-4-3-5-11/h12H,3-4,6-10H2,1-2H3. The average molecular weight is 199 g/mol. The van der Waals surface area contributed by atoms with Gasteiger partial charge in [0.1, 0.15) is 0 Å². The minimum absolute atomic E-state index is 0.645. The molecule has 0 aromatic carbocycles. The van der Waals surface area contributed by atoms with E-state index in [2.05, 4.69) is 23.3 Å². The van der Waals surface area contributed by atoms with Gasteiger partial charge in [-0.25, -0.2) is 0 Å². The second kappa shape index (κ2) is 10.5. The van der Waals surface area contributed by atoms with Crippen LogP contribution in [0.25, 0.3) is 0 Å². The number of hydrogen-bond acceptors (Lipinski definition) is 4. The summed E-state index contributed by atoms with van der Waals surface area (Å²) in [5.74, 6) is 0. The van der Waals surface area contributed by atoms with E-state index in [9.17, 15) is 0 Å². The van der Waals surface area contributed by atoms with Gasteiger partial charge in [-0.2, -0.15) is 5.26 Å². The zero-order chi connectivity index (χ0) is 10.6. The Morgan fingerprint density at radius 2 is 2.14 bits per heavy atom. The molecule has 0 spiro atoms. The van der Waals surface area contributed by atoms with Gasteiger partial charge in [0.05, 0.1) is 12.7 Å². The van der Waals surface area contributed by atoms with Gasteiger partial charge in [-0.1, -0.05) is 0 Å². The molecule has 0 atom stereocenters. The first-order valence-electron chi connectivity index (χ1n) is 5.06. The molecule has 0 aliphatic rings. The van der Waals surface area contributed by atoms with Crippen molar-refractivity contribution in [2.75, 3.05) is 46.9 Å². The fourth-order valence-corrected chi connectivity index (χ4v) is 1.05. The van der Waals surface area contributed by atoms with Crippen molar-refractivity contribution < 1.29 is 4.74 Å². The normalized spacial score (nSPS) is 10.4. The number of nitrogens with one attached hydrogen (secondary N) is 1. The summed E-state index contributed by atoms with van der Waals surface area (Å²) in [7, 11) is 3.80. The van der Waals surface area contributed by atoms with Crippen molar-refractivity contribution in [3.05, 3.63) is 0 Å². The third-order valence-corrected chi connectivity index (χ3v) is 1.99. The van der Waals surface area contributed by atoms with Gasteiger partial charge in [0.2, 0.25) is 0 Å². The van der Waals surface area contributed by atoms with Crippen LogP contribution in [-0.2, 0) is 4.74 Å². The number of nitrogens with zero attached hydrogens (tertiary/aromatic N) is 2. The SMILES string of the molecule is COCCN(C)CCNCCCC#N. The Kier molecular flexibility index (Phi) is 9.98. The van der Waals surface area contributed by atoms with Crippen LogP contribution in [0, 0.1) is 11.3 Å². The van der Waals surface area contributed by atoms with Crippen molar-refractivity contribution in [2.45, 2.75) is 12.8 Å². The summed E-state index contributed by atoms with van der Waals surface area (Å²) >= 11 is 0. The number of likely N-dealkylation sites (N-methyl/N-ethyl adjacent to an activating group) is 1. The lowest BCUT2D eigenvalue weighted by molar-refractivity contribution is 0.161. The van der Waals surface area contributed by atoms with Crippen LogP contribution >= 0.6 is 0 Å². The molecule has 1 N–H and O–H groups in total. The molecule has 0 bridgehead atoms. The van der Waals surface area contributed by atoms with Gasteiger partial charge in [0.25, 0.3) is 0 Å². The first-order chi connectivity index (χ1) is 6.81. The van der Waals surface area contributed by atoms with Crippen molar-refractivity contribution >= 4 is 0 Å². The highest BCUT2D eigenvalue weighted by Crippen LogP contribution is 1.84. The number of methoxy groups -OCH3 is 1. The van der Waals surface area contributed by atoms with Crippen molar-refractivity contribution in [1.29, 1.82) is 5.26 Å². The zero-order valence-electron chi connectivity index (χ0n) is 9.25. The van der Waals surface area contributed by atoms with Crippen LogP contribution in [0.3, 0.4) is 0 Å². The molecule has 4 nitrogen and oxygen atoms in total. The largest absolute Gasteiger partial charge is 0.383 e. The Morgan fingerprint density at radius 3 is 2.79 bits per heavy atom. The lowest BCUT2D eigenvalue weighted by Gasteiger charge is -2.15. The molecule has 0 heterocycles. The summed E-state index contributed by atoms with van der Waals surface area (Å²) < 4.78 is 4.97. The summed E-state index contributed by atoms with van der Waals surface area (Å²) in [4.78, 5) is 2.22. The third-order valence-electron chi connectivity index (χ3n) is 1.99. The summed E-state index contributed by atoms with van der Waals surface area (Å²) in [6, 6.07) is 2.13. The molecule has 0 aromatic heterocycles. The lowest BCUT2D eigenvalue weighted by Crippen LogP contribution is -2.31. The summed E-state index contributed by atoms with van der Waals surface area (Å²) in [5.41, 5.74) is 0. The van der Waals surface area contributed by atoms with Crippen LogP contribution in [0.4, 0.5) is 0 Å². The van der Waals surface area contributed by atoms with Crippen molar-refractivity contribution in [3.8, 4) is 6.07 Å². The highest BCUT2D eigenvalue weighted by molar-refractivity contribution is 4.68. The average Bonchev–Trinajstić information content (AvgIpc) is 2.20. The van der Waals surface area contributed by atoms with Gasteiger partial charge in [-0.05, 0) is 20.0 Å². The van der Waals surface area contributed by atoms with Crippen molar-refractivity contribution in [3.63, 3.8) is 0 Å². The number of ether oxygens (including phenoxy) is 1. The fourth-order valence-electron chi connectivity index (χ4n) is 1.05. The third kappa shape index (κ3) is 9.46. The summed E-state index contributed by atoms with van der Waals surface area (Å²) in [6.07, 6.45) is 1.59. The molecular weight excluding hydrogens is 178 g/mol. The first-order valence-corrected chi connectivity index (χ1v) is 5.06. The van der Waals surface area contributed by atoms with Crippen LogP contribution in [0.15, 0.2) is 0 Å². The van der Waals surface area contributed by atoms with E-state index in [0.717, 1.165) is 39.2 Å². The second-order valence-corrected chi connectivity index (χ2v) is 3.31. The lowest BCUT2D eigenvalue weighted by atomic mass is 10.3. The predicted molar refractivity (Wildman–Crippen MR) is 57.1 cm³/mol. The molecule has 0 saturated heterocycles. The van der Waals surface area contributed by atoms with E-state index in [1.807, 2.05) is 0 Å². The van der Waals surface area contributed by atoms with Gasteiger partial charge in [-0.3, -0.25) is 0 Å². The highest BCUT2D eigenvalue weighted by Gasteiger charge is 1.96. The number of hydrogen-bond donors (Lipinski definition) is 1. The number of nitriles is 1. The maximum Gasteiger partial charge on any atom is 0.0622 e. The molecule has 0 amide bonds. The smallest absolute Gasteiger partial charge is 0.0622 e. The maximum absolute atomic E-state index is 8.31. The Balaban J connectivity index is 3.07. The van der Waals surface area contributed by atoms with E-state index in [1.165, 1.54) is 0 Å². The van der Waals surface area contributed by atoms with Crippen LogP contribution in [0.5, 0.6) is 0 Å². The molecule has 4 heteroatoms. The molecule has 0 aromatic rings. The summed E-state index contributed by atoms with van der Waals surface area (Å²) in [6.45, 7) is 4.69. The molecule has 0 saturated carbocycles. The van der Waals surface area contributed by atoms with Gasteiger partial charge in [0, 0.05) is 33.2 Å². The molecule has 0 aliphatic carbocycles. The van der Waals surface area contributed by atoms with Gasteiger partial charge >= 0.3 is 0 Å². The molecule has 82 valence electrons. The van der Waals surface area contributed by atoms with Crippen LogP contribution in [0.1, 0.15) is 12.8 Å². The predicted octanol–water partition coefficient (Wildman–Crippen LogP) is 0.458. The Hall–Kier alpha value is -0.630. The van der Waals surface area contributed by atoms with Crippen molar-refractivity contribution in [1.82, 2.24) is 10.2 Å². The first kappa shape index (κ1) is 13.4. The molecular formula is C10H21N3O. The monoisotopic (exact) mass is 199 g/mol. The Labute approximate surface area is 86.8 Å². The Bertz CT molecular complexity index is 156. The van der Waals surface area contributed by atoms with Crippen LogP contribution < -0.4 is 5.32 Å². The van der Waals surface area contributed by atoms with Crippen LogP contribution in [-0.4, -0.2) is 51.8 Å². The molecule has 0 aliphatic heterocycles. The highest BCUT2D eigenvalue weighted by atomic mass is 16.5. The molecule has 0 rings (SSSR count). The number of rotatable bonds is 9. The zero-order valence-corrected chi connectivity index (χ0v) is 9.25. The second-order valence-electron chi connectivity index (χ2n) is 3.31. The maximum atomic E-state index is 8.31. The topological polar surface area (TPSA) is 48.3 Å². The van der Waals surface area contributed by atoms with Gasteiger partial charge < -0.3 is 15.0 Å². The summed E-state index contributed by atoms with van der Waals surface area (Å²) in [5, 5.41) is 11.6.